The molecule has 0 spiro atoms. The van der Waals surface area contributed by atoms with Crippen LogP contribution >= 0.6 is 22.9 Å². The first-order chi connectivity index (χ1) is 12.6. The highest BCUT2D eigenvalue weighted by atomic mass is 35.5. The van der Waals surface area contributed by atoms with Gasteiger partial charge in [0.15, 0.2) is 15.7 Å². The maximum absolute atomic E-state index is 12.5. The van der Waals surface area contributed by atoms with Gasteiger partial charge in [0.25, 0.3) is 11.7 Å². The Balaban J connectivity index is 1.80. The molecular weight excluding hydrogens is 429 g/mol. The lowest BCUT2D eigenvalue weighted by molar-refractivity contribution is -0.0882. The summed E-state index contributed by atoms with van der Waals surface area (Å²) in [7, 11) is -3.77. The number of benzene rings is 1. The van der Waals surface area contributed by atoms with E-state index in [2.05, 4.69) is 10.1 Å². The van der Waals surface area contributed by atoms with Crippen molar-refractivity contribution in [2.45, 2.75) is 16.8 Å². The van der Waals surface area contributed by atoms with E-state index in [1.165, 1.54) is 30.3 Å². The number of sulfone groups is 1. The third kappa shape index (κ3) is 4.37. The van der Waals surface area contributed by atoms with Gasteiger partial charge in [-0.15, -0.1) is 11.3 Å². The number of alkyl halides is 3. The molecule has 0 aliphatic heterocycles. The van der Waals surface area contributed by atoms with E-state index >= 15 is 0 Å². The Hall–Kier alpha value is -2.24. The highest BCUT2D eigenvalue weighted by Crippen LogP contribution is 2.31. The van der Waals surface area contributed by atoms with E-state index in [0.717, 1.165) is 6.07 Å². The summed E-state index contributed by atoms with van der Waals surface area (Å²) in [5.74, 6) is -2.90. The number of thiophene rings is 1. The van der Waals surface area contributed by atoms with E-state index in [9.17, 15) is 26.4 Å². The molecule has 6 nitrogen and oxygen atoms in total. The topological polar surface area (TPSA) is 90.1 Å². The van der Waals surface area contributed by atoms with Gasteiger partial charge in [0.1, 0.15) is 5.75 Å². The van der Waals surface area contributed by atoms with Crippen LogP contribution < -0.4 is 0 Å². The predicted octanol–water partition coefficient (Wildman–Crippen LogP) is 4.17. The fourth-order valence-electron chi connectivity index (χ4n) is 2.02. The van der Waals surface area contributed by atoms with E-state index in [4.69, 9.17) is 16.1 Å². The van der Waals surface area contributed by atoms with Crippen LogP contribution in [0, 0.1) is 0 Å². The Morgan fingerprint density at radius 2 is 1.81 bits per heavy atom. The normalized spacial score (nSPS) is 12.3. The molecule has 0 amide bonds. The van der Waals surface area contributed by atoms with E-state index in [-0.39, 0.29) is 21.5 Å². The zero-order valence-electron chi connectivity index (χ0n) is 13.0. The Kier molecular flexibility index (Phi) is 5.10. The number of carbonyl (C=O) groups excluding carboxylic acids is 1. The molecular formula is C15H8ClF3N2O4S2. The molecule has 142 valence electrons. The van der Waals surface area contributed by atoms with E-state index in [1.807, 2.05) is 0 Å². The molecule has 2 heterocycles. The summed E-state index contributed by atoms with van der Waals surface area (Å²) in [5, 5.41) is 3.90. The molecule has 27 heavy (non-hydrogen) atoms. The summed E-state index contributed by atoms with van der Waals surface area (Å²) in [6, 6.07) is 7.69. The van der Waals surface area contributed by atoms with Gasteiger partial charge in [-0.1, -0.05) is 16.8 Å². The summed E-state index contributed by atoms with van der Waals surface area (Å²) in [5.41, 5.74) is 0. The van der Waals surface area contributed by atoms with Gasteiger partial charge >= 0.3 is 6.18 Å². The lowest BCUT2D eigenvalue weighted by atomic mass is 10.3. The highest BCUT2D eigenvalue weighted by molar-refractivity contribution is 7.90. The third-order valence-corrected chi connectivity index (χ3v) is 6.21. The number of halogens is 4. The fourth-order valence-corrected chi connectivity index (χ4v) is 4.21. The van der Waals surface area contributed by atoms with E-state index in [1.54, 1.807) is 0 Å². The molecule has 0 unspecified atom stereocenters. The van der Waals surface area contributed by atoms with Crippen molar-refractivity contribution in [3.05, 3.63) is 52.1 Å². The smallest absolute Gasteiger partial charge is 0.333 e. The summed E-state index contributed by atoms with van der Waals surface area (Å²) in [6.07, 6.45) is -4.99. The molecule has 0 saturated carbocycles. The quantitative estimate of drug-likeness (QED) is 0.557. The molecule has 0 aliphatic carbocycles. The van der Waals surface area contributed by atoms with Gasteiger partial charge in [-0.2, -0.15) is 18.2 Å². The molecule has 0 radical (unpaired) electrons. The van der Waals surface area contributed by atoms with Crippen LogP contribution in [0.2, 0.25) is 5.02 Å². The van der Waals surface area contributed by atoms with Gasteiger partial charge in [0.05, 0.1) is 14.6 Å². The van der Waals surface area contributed by atoms with Crippen molar-refractivity contribution in [1.29, 1.82) is 0 Å². The average molecular weight is 437 g/mol. The second-order valence-electron chi connectivity index (χ2n) is 5.22. The molecule has 3 aromatic rings. The standard InChI is InChI=1S/C15H8ClF3N2O4S2/c16-8-1-3-9(4-2-8)27(23,24)7-12-20-14(25-21-12)11-6-5-10(26-11)13(22)15(17,18)19/h1-6H,7H2. The molecule has 12 heteroatoms. The minimum absolute atomic E-state index is 0.00688. The largest absolute Gasteiger partial charge is 0.455 e. The first kappa shape index (κ1) is 19.5. The monoisotopic (exact) mass is 436 g/mol. The summed E-state index contributed by atoms with van der Waals surface area (Å²) < 4.78 is 66.9. The van der Waals surface area contributed by atoms with Crippen molar-refractivity contribution >= 4 is 38.6 Å². The number of hydrogen-bond donors (Lipinski definition) is 0. The van der Waals surface area contributed by atoms with Gasteiger partial charge in [0.2, 0.25) is 0 Å². The third-order valence-electron chi connectivity index (χ3n) is 3.26. The lowest BCUT2D eigenvalue weighted by Gasteiger charge is -2.01. The first-order valence-electron chi connectivity index (χ1n) is 7.09. The Bertz CT molecular complexity index is 1090. The fraction of sp³-hybridized carbons (Fsp3) is 0.133. The summed E-state index contributed by atoms with van der Waals surface area (Å²) in [4.78, 5) is 14.7. The van der Waals surface area contributed by atoms with Crippen molar-refractivity contribution in [1.82, 2.24) is 10.1 Å². The highest BCUT2D eigenvalue weighted by Gasteiger charge is 2.40. The van der Waals surface area contributed by atoms with Crippen LogP contribution in [0.5, 0.6) is 0 Å². The summed E-state index contributed by atoms with van der Waals surface area (Å²) in [6.45, 7) is 0. The molecule has 0 fully saturated rings. The second-order valence-corrected chi connectivity index (χ2v) is 8.73. The number of rotatable bonds is 5. The van der Waals surface area contributed by atoms with Gasteiger partial charge < -0.3 is 4.52 Å². The average Bonchev–Trinajstić information content (AvgIpc) is 3.22. The van der Waals surface area contributed by atoms with Crippen molar-refractivity contribution in [2.75, 3.05) is 0 Å². The van der Waals surface area contributed by atoms with Gasteiger partial charge in [-0.25, -0.2) is 8.42 Å². The number of nitrogens with zero attached hydrogens (tertiary/aromatic N) is 2. The molecule has 0 N–H and O–H groups in total. The molecule has 0 bridgehead atoms. The van der Waals surface area contributed by atoms with Gasteiger partial charge in [-0.3, -0.25) is 4.79 Å². The van der Waals surface area contributed by atoms with Crippen LogP contribution in [0.3, 0.4) is 0 Å². The number of carbonyl (C=O) groups is 1. The van der Waals surface area contributed by atoms with Crippen molar-refractivity contribution < 1.29 is 30.9 Å². The minimum Gasteiger partial charge on any atom is -0.333 e. The van der Waals surface area contributed by atoms with Crippen LogP contribution in [0.1, 0.15) is 15.5 Å². The van der Waals surface area contributed by atoms with Crippen LogP contribution in [-0.4, -0.2) is 30.5 Å². The predicted molar refractivity (Wildman–Crippen MR) is 90.3 cm³/mol. The molecule has 2 aromatic heterocycles. The minimum atomic E-state index is -4.99. The van der Waals surface area contributed by atoms with Gasteiger partial charge in [-0.05, 0) is 36.4 Å². The molecule has 3 rings (SSSR count). The Morgan fingerprint density at radius 3 is 2.44 bits per heavy atom. The molecule has 1 aromatic carbocycles. The van der Waals surface area contributed by atoms with Crippen LogP contribution in [0.25, 0.3) is 10.8 Å². The Labute approximate surface area is 159 Å². The second kappa shape index (κ2) is 7.06. The van der Waals surface area contributed by atoms with Crippen molar-refractivity contribution in [2.24, 2.45) is 0 Å². The zero-order chi connectivity index (χ0) is 19.8. The first-order valence-corrected chi connectivity index (χ1v) is 9.93. The van der Waals surface area contributed by atoms with Crippen LogP contribution in [-0.2, 0) is 15.6 Å². The van der Waals surface area contributed by atoms with Gasteiger partial charge in [0, 0.05) is 5.02 Å². The maximum atomic E-state index is 12.5. The van der Waals surface area contributed by atoms with E-state index < -0.39 is 32.4 Å². The van der Waals surface area contributed by atoms with Crippen molar-refractivity contribution in [3.8, 4) is 10.8 Å². The Morgan fingerprint density at radius 1 is 1.15 bits per heavy atom. The SMILES string of the molecule is O=C(c1ccc(-c2nc(CS(=O)(=O)c3ccc(Cl)cc3)no2)s1)C(F)(F)F. The van der Waals surface area contributed by atoms with Crippen LogP contribution in [0.15, 0.2) is 45.8 Å². The number of aromatic nitrogens is 2. The van der Waals surface area contributed by atoms with Crippen LogP contribution in [0.4, 0.5) is 13.2 Å². The number of ketones is 1. The summed E-state index contributed by atoms with van der Waals surface area (Å²) >= 11 is 6.24. The zero-order valence-corrected chi connectivity index (χ0v) is 15.4. The number of Topliss-reactive ketones (excluding diaryl/α,β-unsaturated/α-hetero) is 1. The van der Waals surface area contributed by atoms with E-state index in [0.29, 0.717) is 16.4 Å². The molecule has 0 aliphatic rings. The number of hydrogen-bond acceptors (Lipinski definition) is 7. The molecule has 0 saturated heterocycles. The van der Waals surface area contributed by atoms with Crippen molar-refractivity contribution in [3.63, 3.8) is 0 Å². The lowest BCUT2D eigenvalue weighted by Crippen LogP contribution is -2.21. The maximum Gasteiger partial charge on any atom is 0.455 e. The molecule has 0 atom stereocenters.